The number of hydrogen-bond acceptors (Lipinski definition) is 4. The van der Waals surface area contributed by atoms with Gasteiger partial charge in [0.2, 0.25) is 0 Å². The van der Waals surface area contributed by atoms with Gasteiger partial charge in [0.05, 0.1) is 11.9 Å². The zero-order valence-electron chi connectivity index (χ0n) is 12.9. The molecule has 0 aliphatic carbocycles. The summed E-state index contributed by atoms with van der Waals surface area (Å²) in [6.45, 7) is 2.88. The third-order valence-corrected chi connectivity index (χ3v) is 4.72. The first-order valence-electron chi connectivity index (χ1n) is 7.74. The number of nitrogens with one attached hydrogen (secondary N) is 1. The van der Waals surface area contributed by atoms with Crippen LogP contribution in [0.3, 0.4) is 0 Å². The molecule has 1 N–H and O–H groups in total. The second-order valence-corrected chi connectivity index (χ2v) is 6.69. The summed E-state index contributed by atoms with van der Waals surface area (Å²) in [5, 5.41) is 4.28. The molecule has 0 bridgehead atoms. The number of hydrogen-bond donors (Lipinski definition) is 1. The van der Waals surface area contributed by atoms with Gasteiger partial charge in [-0.25, -0.2) is 4.39 Å². The maximum atomic E-state index is 13.6. The second-order valence-electron chi connectivity index (χ2n) is 5.47. The van der Waals surface area contributed by atoms with E-state index in [9.17, 15) is 4.39 Å². The van der Waals surface area contributed by atoms with E-state index in [1.807, 2.05) is 42.1 Å². The molecule has 0 unspecified atom stereocenters. The summed E-state index contributed by atoms with van der Waals surface area (Å²) in [7, 11) is 0. The number of rotatable bonds is 5. The predicted octanol–water partition coefficient (Wildman–Crippen LogP) is 3.82. The van der Waals surface area contributed by atoms with Crippen molar-refractivity contribution in [3.05, 3.63) is 65.5 Å². The summed E-state index contributed by atoms with van der Waals surface area (Å²) in [5.41, 5.74) is 5.86. The molecule has 1 heterocycles. The van der Waals surface area contributed by atoms with Crippen molar-refractivity contribution < 1.29 is 4.39 Å². The number of hydrazone groups is 1. The standard InChI is InChI=1S/C18H20FN3S/c19-17-7-6-15(13-20-21-18-4-2-1-3-5-18)16(12-17)14-22-8-10-23-11-9-22/h1-7,12-13,21H,8-11,14H2. The first-order chi connectivity index (χ1) is 11.3. The maximum Gasteiger partial charge on any atom is 0.123 e. The van der Waals surface area contributed by atoms with Crippen LogP contribution < -0.4 is 5.43 Å². The fourth-order valence-electron chi connectivity index (χ4n) is 2.53. The van der Waals surface area contributed by atoms with Gasteiger partial charge >= 0.3 is 0 Å². The molecule has 1 saturated heterocycles. The first-order valence-corrected chi connectivity index (χ1v) is 8.89. The molecule has 0 spiro atoms. The highest BCUT2D eigenvalue weighted by atomic mass is 32.2. The lowest BCUT2D eigenvalue weighted by atomic mass is 10.1. The van der Waals surface area contributed by atoms with Gasteiger partial charge in [-0.3, -0.25) is 10.3 Å². The molecule has 0 aromatic heterocycles. The van der Waals surface area contributed by atoms with Gasteiger partial charge in [-0.15, -0.1) is 0 Å². The van der Waals surface area contributed by atoms with E-state index in [1.54, 1.807) is 18.3 Å². The molecule has 5 heteroatoms. The smallest absolute Gasteiger partial charge is 0.123 e. The minimum absolute atomic E-state index is 0.195. The van der Waals surface area contributed by atoms with Crippen LogP contribution in [0.1, 0.15) is 11.1 Å². The predicted molar refractivity (Wildman–Crippen MR) is 96.7 cm³/mol. The van der Waals surface area contributed by atoms with E-state index < -0.39 is 0 Å². The summed E-state index contributed by atoms with van der Waals surface area (Å²) in [6, 6.07) is 14.7. The van der Waals surface area contributed by atoms with Crippen molar-refractivity contribution in [2.45, 2.75) is 6.54 Å². The highest BCUT2D eigenvalue weighted by Gasteiger charge is 2.13. The van der Waals surface area contributed by atoms with Gasteiger partial charge in [-0.05, 0) is 35.4 Å². The minimum Gasteiger partial charge on any atom is -0.297 e. The first kappa shape index (κ1) is 16.0. The van der Waals surface area contributed by atoms with Gasteiger partial charge in [-0.1, -0.05) is 24.3 Å². The molecule has 0 atom stereocenters. The van der Waals surface area contributed by atoms with E-state index in [0.717, 1.165) is 48.0 Å². The number of halogens is 1. The third-order valence-electron chi connectivity index (χ3n) is 3.77. The summed E-state index contributed by atoms with van der Waals surface area (Å²) in [4.78, 5) is 2.37. The Morgan fingerprint density at radius 1 is 1.13 bits per heavy atom. The zero-order valence-corrected chi connectivity index (χ0v) is 13.7. The molecule has 23 heavy (non-hydrogen) atoms. The van der Waals surface area contributed by atoms with Gasteiger partial charge in [0.15, 0.2) is 0 Å². The molecular formula is C18H20FN3S. The molecule has 1 aliphatic rings. The van der Waals surface area contributed by atoms with Gasteiger partial charge < -0.3 is 0 Å². The lowest BCUT2D eigenvalue weighted by molar-refractivity contribution is 0.294. The molecule has 1 fully saturated rings. The Bertz CT molecular complexity index is 655. The monoisotopic (exact) mass is 329 g/mol. The molecule has 3 nitrogen and oxygen atoms in total. The molecule has 0 saturated carbocycles. The van der Waals surface area contributed by atoms with E-state index in [0.29, 0.717) is 0 Å². The van der Waals surface area contributed by atoms with Crippen LogP contribution in [0.4, 0.5) is 10.1 Å². The topological polar surface area (TPSA) is 27.6 Å². The molecule has 2 aromatic rings. The van der Waals surface area contributed by atoms with Crippen LogP contribution >= 0.6 is 11.8 Å². The van der Waals surface area contributed by atoms with Gasteiger partial charge in [0.1, 0.15) is 5.82 Å². The lowest BCUT2D eigenvalue weighted by Gasteiger charge is -2.26. The molecule has 120 valence electrons. The zero-order chi connectivity index (χ0) is 15.9. The van der Waals surface area contributed by atoms with Crippen molar-refractivity contribution in [2.24, 2.45) is 5.10 Å². The SMILES string of the molecule is Fc1ccc(C=NNc2ccccc2)c(CN2CCSCC2)c1. The van der Waals surface area contributed by atoms with Crippen LogP contribution in [0.2, 0.25) is 0 Å². The summed E-state index contributed by atoms with van der Waals surface area (Å²) in [5.74, 6) is 2.10. The van der Waals surface area contributed by atoms with E-state index in [2.05, 4.69) is 15.4 Å². The molecule has 2 aromatic carbocycles. The average Bonchev–Trinajstić information content (AvgIpc) is 2.59. The number of benzene rings is 2. The Morgan fingerprint density at radius 3 is 2.70 bits per heavy atom. The highest BCUT2D eigenvalue weighted by Crippen LogP contribution is 2.16. The number of anilines is 1. The van der Waals surface area contributed by atoms with Crippen LogP contribution in [0, 0.1) is 5.82 Å². The molecule has 0 amide bonds. The van der Waals surface area contributed by atoms with Crippen LogP contribution in [-0.4, -0.2) is 35.7 Å². The summed E-state index contributed by atoms with van der Waals surface area (Å²) < 4.78 is 13.6. The number of thioether (sulfide) groups is 1. The summed E-state index contributed by atoms with van der Waals surface area (Å²) >= 11 is 1.98. The Hall–Kier alpha value is -1.85. The van der Waals surface area contributed by atoms with Gasteiger partial charge in [-0.2, -0.15) is 16.9 Å². The van der Waals surface area contributed by atoms with Gasteiger partial charge in [0.25, 0.3) is 0 Å². The lowest BCUT2D eigenvalue weighted by Crippen LogP contribution is -2.32. The molecule has 1 aliphatic heterocycles. The van der Waals surface area contributed by atoms with Crippen LogP contribution in [0.5, 0.6) is 0 Å². The van der Waals surface area contributed by atoms with Crippen molar-refractivity contribution in [1.29, 1.82) is 0 Å². The van der Waals surface area contributed by atoms with Crippen molar-refractivity contribution in [2.75, 3.05) is 30.0 Å². The van der Waals surface area contributed by atoms with E-state index >= 15 is 0 Å². The fraction of sp³-hybridized carbons (Fsp3) is 0.278. The van der Waals surface area contributed by atoms with Crippen LogP contribution in [0.15, 0.2) is 53.6 Å². The third kappa shape index (κ3) is 4.81. The Kier molecular flexibility index (Phi) is 5.66. The number of nitrogens with zero attached hydrogens (tertiary/aromatic N) is 2. The van der Waals surface area contributed by atoms with Crippen molar-refractivity contribution in [1.82, 2.24) is 4.90 Å². The highest BCUT2D eigenvalue weighted by molar-refractivity contribution is 7.99. The van der Waals surface area contributed by atoms with Crippen LogP contribution in [-0.2, 0) is 6.54 Å². The molecule has 3 rings (SSSR count). The van der Waals surface area contributed by atoms with Crippen molar-refractivity contribution >= 4 is 23.7 Å². The fourth-order valence-corrected chi connectivity index (χ4v) is 3.51. The maximum absolute atomic E-state index is 13.6. The quantitative estimate of drug-likeness (QED) is 0.667. The second kappa shape index (κ2) is 8.13. The van der Waals surface area contributed by atoms with Crippen molar-refractivity contribution in [3.8, 4) is 0 Å². The Labute approximate surface area is 140 Å². The molecular weight excluding hydrogens is 309 g/mol. The van der Waals surface area contributed by atoms with E-state index in [-0.39, 0.29) is 5.82 Å². The minimum atomic E-state index is -0.195. The largest absolute Gasteiger partial charge is 0.297 e. The summed E-state index contributed by atoms with van der Waals surface area (Å²) in [6.07, 6.45) is 1.76. The number of para-hydroxylation sites is 1. The van der Waals surface area contributed by atoms with Gasteiger partial charge in [0, 0.05) is 31.1 Å². The van der Waals surface area contributed by atoms with E-state index in [4.69, 9.17) is 0 Å². The van der Waals surface area contributed by atoms with E-state index in [1.165, 1.54) is 6.07 Å². The Balaban J connectivity index is 1.70. The van der Waals surface area contributed by atoms with Crippen molar-refractivity contribution in [3.63, 3.8) is 0 Å². The van der Waals surface area contributed by atoms with Crippen LogP contribution in [0.25, 0.3) is 0 Å². The Morgan fingerprint density at radius 2 is 1.91 bits per heavy atom. The average molecular weight is 329 g/mol. The molecule has 0 radical (unpaired) electrons. The normalized spacial score (nSPS) is 15.9.